The van der Waals surface area contributed by atoms with Gasteiger partial charge in [0.25, 0.3) is 5.91 Å². The Morgan fingerprint density at radius 3 is 2.70 bits per heavy atom. The minimum atomic E-state index is -0.185. The third-order valence-electron chi connectivity index (χ3n) is 4.28. The number of carbonyl (C=O) groups is 1. The Balaban J connectivity index is 1.68. The van der Waals surface area contributed by atoms with Crippen LogP contribution in [0.3, 0.4) is 0 Å². The van der Waals surface area contributed by atoms with Gasteiger partial charge in [0.05, 0.1) is 6.04 Å². The average molecular weight is 365 g/mol. The molecular weight excluding hydrogens is 342 g/mol. The van der Waals surface area contributed by atoms with E-state index >= 15 is 0 Å². The highest BCUT2D eigenvalue weighted by Gasteiger charge is 2.11. The van der Waals surface area contributed by atoms with E-state index in [4.69, 9.17) is 4.74 Å². The molecule has 0 aliphatic heterocycles. The molecule has 0 fully saturated rings. The number of anilines is 1. The maximum atomic E-state index is 12.5. The number of aryl methyl sites for hydroxylation is 2. The van der Waals surface area contributed by atoms with E-state index in [1.54, 1.807) is 28.9 Å². The van der Waals surface area contributed by atoms with E-state index in [0.29, 0.717) is 17.1 Å². The van der Waals surface area contributed by atoms with Crippen LogP contribution in [0.25, 0.3) is 0 Å². The highest BCUT2D eigenvalue weighted by Crippen LogP contribution is 2.18. The van der Waals surface area contributed by atoms with Gasteiger partial charge in [-0.25, -0.2) is 4.68 Å². The first-order chi connectivity index (χ1) is 12.9. The van der Waals surface area contributed by atoms with Crippen molar-refractivity contribution in [3.63, 3.8) is 0 Å². The molecule has 7 nitrogen and oxygen atoms in total. The summed E-state index contributed by atoms with van der Waals surface area (Å²) in [6.07, 6.45) is 0. The maximum Gasteiger partial charge on any atom is 0.255 e. The van der Waals surface area contributed by atoms with E-state index in [0.717, 1.165) is 11.3 Å². The fourth-order valence-corrected chi connectivity index (χ4v) is 2.61. The maximum absolute atomic E-state index is 12.5. The summed E-state index contributed by atoms with van der Waals surface area (Å²) in [7, 11) is 0. The first-order valence-electron chi connectivity index (χ1n) is 8.82. The van der Waals surface area contributed by atoms with Crippen molar-refractivity contribution in [2.45, 2.75) is 40.3 Å². The standard InChI is InChI=1S/C20H23N5O2/c1-13(2)25-19(22-23-24-25)12-27-18-7-5-6-16(11-18)20(26)21-17-9-8-14(3)15(4)10-17/h5-11,13H,12H2,1-4H3,(H,21,26). The van der Waals surface area contributed by atoms with Crippen molar-refractivity contribution in [1.29, 1.82) is 0 Å². The largest absolute Gasteiger partial charge is 0.486 e. The smallest absolute Gasteiger partial charge is 0.255 e. The number of hydrogen-bond donors (Lipinski definition) is 1. The van der Waals surface area contributed by atoms with Crippen LogP contribution in [0, 0.1) is 13.8 Å². The van der Waals surface area contributed by atoms with Crippen LogP contribution in [0.5, 0.6) is 5.75 Å². The zero-order valence-corrected chi connectivity index (χ0v) is 15.9. The zero-order chi connectivity index (χ0) is 19.4. The molecule has 1 heterocycles. The molecule has 7 heteroatoms. The quantitative estimate of drug-likeness (QED) is 0.720. The van der Waals surface area contributed by atoms with E-state index < -0.39 is 0 Å². The van der Waals surface area contributed by atoms with E-state index in [2.05, 4.69) is 20.8 Å². The molecule has 27 heavy (non-hydrogen) atoms. The van der Waals surface area contributed by atoms with Crippen molar-refractivity contribution >= 4 is 11.6 Å². The van der Waals surface area contributed by atoms with Gasteiger partial charge < -0.3 is 10.1 Å². The van der Waals surface area contributed by atoms with Crippen molar-refractivity contribution in [3.05, 3.63) is 65.0 Å². The molecule has 0 aliphatic rings. The monoisotopic (exact) mass is 365 g/mol. The second-order valence-corrected chi connectivity index (χ2v) is 6.70. The van der Waals surface area contributed by atoms with Crippen LogP contribution < -0.4 is 10.1 Å². The fourth-order valence-electron chi connectivity index (χ4n) is 2.61. The number of benzene rings is 2. The molecule has 3 aromatic rings. The van der Waals surface area contributed by atoms with Crippen molar-refractivity contribution < 1.29 is 9.53 Å². The highest BCUT2D eigenvalue weighted by molar-refractivity contribution is 6.04. The molecule has 0 spiro atoms. The second-order valence-electron chi connectivity index (χ2n) is 6.70. The van der Waals surface area contributed by atoms with Gasteiger partial charge in [0, 0.05) is 11.3 Å². The molecule has 0 unspecified atom stereocenters. The summed E-state index contributed by atoms with van der Waals surface area (Å²) in [6.45, 7) is 8.28. The third-order valence-corrected chi connectivity index (χ3v) is 4.28. The van der Waals surface area contributed by atoms with Gasteiger partial charge in [0.2, 0.25) is 0 Å². The first-order valence-corrected chi connectivity index (χ1v) is 8.82. The Morgan fingerprint density at radius 1 is 1.15 bits per heavy atom. The molecule has 0 atom stereocenters. The molecule has 0 saturated carbocycles. The number of nitrogens with zero attached hydrogens (tertiary/aromatic N) is 4. The molecule has 0 bridgehead atoms. The lowest BCUT2D eigenvalue weighted by Crippen LogP contribution is -2.13. The topological polar surface area (TPSA) is 81.9 Å². The molecule has 1 N–H and O–H groups in total. The van der Waals surface area contributed by atoms with Crippen molar-refractivity contribution in [1.82, 2.24) is 20.2 Å². The first kappa shape index (κ1) is 18.6. The van der Waals surface area contributed by atoms with Crippen LogP contribution in [0.2, 0.25) is 0 Å². The van der Waals surface area contributed by atoms with Crippen LogP contribution in [0.1, 0.15) is 47.2 Å². The molecular formula is C20H23N5O2. The number of amides is 1. The van der Waals surface area contributed by atoms with Crippen LogP contribution in [-0.4, -0.2) is 26.1 Å². The molecule has 0 saturated heterocycles. The molecule has 3 rings (SSSR count). The summed E-state index contributed by atoms with van der Waals surface area (Å²) in [5.41, 5.74) is 3.61. The number of ether oxygens (including phenoxy) is 1. The fraction of sp³-hybridized carbons (Fsp3) is 0.300. The van der Waals surface area contributed by atoms with Crippen LogP contribution in [0.4, 0.5) is 5.69 Å². The molecule has 2 aromatic carbocycles. The Morgan fingerprint density at radius 2 is 1.96 bits per heavy atom. The molecule has 140 valence electrons. The lowest BCUT2D eigenvalue weighted by Gasteiger charge is -2.11. The lowest BCUT2D eigenvalue weighted by atomic mass is 10.1. The number of hydrogen-bond acceptors (Lipinski definition) is 5. The Labute approximate surface area is 158 Å². The lowest BCUT2D eigenvalue weighted by molar-refractivity contribution is 0.102. The average Bonchev–Trinajstić information content (AvgIpc) is 3.12. The van der Waals surface area contributed by atoms with Gasteiger partial charge in [-0.1, -0.05) is 12.1 Å². The zero-order valence-electron chi connectivity index (χ0n) is 15.9. The summed E-state index contributed by atoms with van der Waals surface area (Å²) in [5, 5.41) is 14.5. The summed E-state index contributed by atoms with van der Waals surface area (Å²) in [4.78, 5) is 12.5. The van der Waals surface area contributed by atoms with Gasteiger partial charge in [-0.05, 0) is 79.6 Å². The van der Waals surface area contributed by atoms with Gasteiger partial charge in [-0.3, -0.25) is 4.79 Å². The Kier molecular flexibility index (Phi) is 5.49. The van der Waals surface area contributed by atoms with E-state index in [1.165, 1.54) is 5.56 Å². The van der Waals surface area contributed by atoms with Gasteiger partial charge in [-0.2, -0.15) is 0 Å². The molecule has 0 radical (unpaired) electrons. The number of nitrogens with one attached hydrogen (secondary N) is 1. The van der Waals surface area contributed by atoms with Crippen molar-refractivity contribution in [2.24, 2.45) is 0 Å². The van der Waals surface area contributed by atoms with E-state index in [9.17, 15) is 4.79 Å². The van der Waals surface area contributed by atoms with Gasteiger partial charge in [-0.15, -0.1) is 5.10 Å². The van der Waals surface area contributed by atoms with Gasteiger partial charge >= 0.3 is 0 Å². The van der Waals surface area contributed by atoms with Crippen LogP contribution >= 0.6 is 0 Å². The minimum absolute atomic E-state index is 0.147. The Hall–Kier alpha value is -3.22. The number of rotatable bonds is 6. The number of aromatic nitrogens is 4. The van der Waals surface area contributed by atoms with Gasteiger partial charge in [0.1, 0.15) is 12.4 Å². The number of carbonyl (C=O) groups excluding carboxylic acids is 1. The molecule has 0 aliphatic carbocycles. The molecule has 1 amide bonds. The van der Waals surface area contributed by atoms with Gasteiger partial charge in [0.15, 0.2) is 5.82 Å². The van der Waals surface area contributed by atoms with Crippen molar-refractivity contribution in [2.75, 3.05) is 5.32 Å². The summed E-state index contributed by atoms with van der Waals surface area (Å²) in [5.74, 6) is 1.03. The third kappa shape index (κ3) is 4.49. The van der Waals surface area contributed by atoms with Crippen molar-refractivity contribution in [3.8, 4) is 5.75 Å². The van der Waals surface area contributed by atoms with Crippen LogP contribution in [-0.2, 0) is 6.61 Å². The molecule has 1 aromatic heterocycles. The SMILES string of the molecule is Cc1ccc(NC(=O)c2cccc(OCc3nnnn3C(C)C)c2)cc1C. The second kappa shape index (κ2) is 7.99. The predicted octanol–water partition coefficient (Wildman–Crippen LogP) is 3.70. The summed E-state index contributed by atoms with van der Waals surface area (Å²) in [6, 6.07) is 13.0. The minimum Gasteiger partial charge on any atom is -0.486 e. The van der Waals surface area contributed by atoms with E-state index in [1.807, 2.05) is 45.9 Å². The predicted molar refractivity (Wildman–Crippen MR) is 103 cm³/mol. The van der Waals surface area contributed by atoms with Crippen LogP contribution in [0.15, 0.2) is 42.5 Å². The number of tetrazole rings is 1. The normalized spacial score (nSPS) is 10.9. The highest BCUT2D eigenvalue weighted by atomic mass is 16.5. The summed E-state index contributed by atoms with van der Waals surface area (Å²) < 4.78 is 7.48. The summed E-state index contributed by atoms with van der Waals surface area (Å²) >= 11 is 0. The Bertz CT molecular complexity index is 949. The van der Waals surface area contributed by atoms with E-state index in [-0.39, 0.29) is 18.6 Å².